The summed E-state index contributed by atoms with van der Waals surface area (Å²) in [7, 11) is 0. The Morgan fingerprint density at radius 3 is 2.80 bits per heavy atom. The first kappa shape index (κ1) is 22.5. The molecular formula is C22H18F3N7O3. The van der Waals surface area contributed by atoms with Crippen molar-refractivity contribution in [3.63, 3.8) is 0 Å². The number of fused-ring (bicyclic) bond motifs is 1. The van der Waals surface area contributed by atoms with Crippen LogP contribution in [0.1, 0.15) is 18.5 Å². The molecule has 0 aliphatic carbocycles. The van der Waals surface area contributed by atoms with Crippen molar-refractivity contribution in [3.05, 3.63) is 58.8 Å². The fourth-order valence-electron chi connectivity index (χ4n) is 3.61. The molecule has 1 fully saturated rings. The minimum atomic E-state index is -4.62. The van der Waals surface area contributed by atoms with E-state index in [1.54, 1.807) is 18.2 Å². The van der Waals surface area contributed by atoms with Gasteiger partial charge < -0.3 is 25.5 Å². The number of halogens is 3. The number of alkyl halides is 3. The van der Waals surface area contributed by atoms with Crippen molar-refractivity contribution in [2.24, 2.45) is 0 Å². The van der Waals surface area contributed by atoms with Crippen LogP contribution in [-0.4, -0.2) is 37.8 Å². The van der Waals surface area contributed by atoms with E-state index in [1.807, 2.05) is 0 Å². The molecule has 1 saturated heterocycles. The summed E-state index contributed by atoms with van der Waals surface area (Å²) in [6.07, 6.45) is -2.44. The molecule has 4 heterocycles. The summed E-state index contributed by atoms with van der Waals surface area (Å²) in [5.74, 6) is 0.113. The Bertz CT molecular complexity index is 1450. The van der Waals surface area contributed by atoms with Crippen LogP contribution in [0.15, 0.2) is 47.5 Å². The molecule has 3 aromatic heterocycles. The van der Waals surface area contributed by atoms with Gasteiger partial charge >= 0.3 is 6.18 Å². The number of nitrogens with one attached hydrogen (secondary N) is 2. The number of anilines is 2. The first-order valence-corrected chi connectivity index (χ1v) is 10.5. The highest BCUT2D eigenvalue weighted by atomic mass is 19.4. The molecule has 4 N–H and O–H groups in total. The zero-order valence-corrected chi connectivity index (χ0v) is 18.0. The van der Waals surface area contributed by atoms with E-state index < -0.39 is 23.7 Å². The van der Waals surface area contributed by atoms with E-state index in [0.29, 0.717) is 29.6 Å². The van der Waals surface area contributed by atoms with Gasteiger partial charge in [0.05, 0.1) is 11.2 Å². The molecular weight excluding hydrogens is 467 g/mol. The predicted octanol–water partition coefficient (Wildman–Crippen LogP) is 3.72. The number of aromatic amines is 1. The molecule has 0 unspecified atom stereocenters. The van der Waals surface area contributed by atoms with Gasteiger partial charge in [-0.15, -0.1) is 0 Å². The lowest BCUT2D eigenvalue weighted by Gasteiger charge is -2.17. The number of hydrogen-bond acceptors (Lipinski definition) is 9. The topological polar surface area (TPSA) is 141 Å². The van der Waals surface area contributed by atoms with Gasteiger partial charge in [-0.3, -0.25) is 4.79 Å². The summed E-state index contributed by atoms with van der Waals surface area (Å²) in [5.41, 5.74) is 5.37. The number of pyridine rings is 1. The highest BCUT2D eigenvalue weighted by Gasteiger charge is 2.33. The van der Waals surface area contributed by atoms with Crippen molar-refractivity contribution in [2.75, 3.05) is 17.7 Å². The summed E-state index contributed by atoms with van der Waals surface area (Å²) < 4.78 is 51.3. The third kappa shape index (κ3) is 4.71. The van der Waals surface area contributed by atoms with Gasteiger partial charge in [0, 0.05) is 18.2 Å². The van der Waals surface area contributed by atoms with Gasteiger partial charge in [0.2, 0.25) is 5.88 Å². The molecule has 4 aromatic rings. The number of rotatable bonds is 5. The van der Waals surface area contributed by atoms with Crippen LogP contribution in [0.2, 0.25) is 0 Å². The van der Waals surface area contributed by atoms with Gasteiger partial charge in [-0.25, -0.2) is 19.9 Å². The highest BCUT2D eigenvalue weighted by Crippen LogP contribution is 2.35. The van der Waals surface area contributed by atoms with Crippen LogP contribution in [0.4, 0.5) is 24.8 Å². The molecule has 0 spiro atoms. The van der Waals surface area contributed by atoms with E-state index >= 15 is 0 Å². The molecule has 180 valence electrons. The summed E-state index contributed by atoms with van der Waals surface area (Å²) in [6, 6.07) is 8.52. The molecule has 1 aliphatic heterocycles. The zero-order chi connectivity index (χ0) is 24.6. The molecule has 5 rings (SSSR count). The second-order valence-electron chi connectivity index (χ2n) is 7.68. The minimum absolute atomic E-state index is 0.0199. The molecule has 35 heavy (non-hydrogen) atoms. The Morgan fingerprint density at radius 2 is 2.03 bits per heavy atom. The Hall–Kier alpha value is -4.26. The van der Waals surface area contributed by atoms with Gasteiger partial charge in [-0.1, -0.05) is 6.07 Å². The van der Waals surface area contributed by atoms with E-state index in [1.165, 1.54) is 18.5 Å². The summed E-state index contributed by atoms with van der Waals surface area (Å²) in [4.78, 5) is 30.5. The van der Waals surface area contributed by atoms with Crippen LogP contribution in [0, 0.1) is 0 Å². The maximum atomic E-state index is 13.3. The molecule has 1 aromatic carbocycles. The SMILES string of the molecule is Nc1nc2c(Oc3cc(-c4ccc(C(F)(F)F)nc4N[C@@H]4CCCO4)ncn3)cccc2[nH]c1=O. The molecule has 13 heteroatoms. The summed E-state index contributed by atoms with van der Waals surface area (Å²) >= 11 is 0. The van der Waals surface area contributed by atoms with E-state index in [-0.39, 0.29) is 29.0 Å². The molecule has 0 radical (unpaired) electrons. The first-order valence-electron chi connectivity index (χ1n) is 10.5. The maximum absolute atomic E-state index is 13.3. The van der Waals surface area contributed by atoms with Gasteiger partial charge in [-0.2, -0.15) is 13.2 Å². The Kier molecular flexibility index (Phi) is 5.68. The minimum Gasteiger partial charge on any atom is -0.437 e. The Labute approximate surface area is 195 Å². The van der Waals surface area contributed by atoms with Crippen molar-refractivity contribution >= 4 is 22.7 Å². The van der Waals surface area contributed by atoms with Gasteiger partial charge in [0.25, 0.3) is 5.56 Å². The quantitative estimate of drug-likeness (QED) is 0.386. The molecule has 0 bridgehead atoms. The van der Waals surface area contributed by atoms with Crippen molar-refractivity contribution in [3.8, 4) is 22.9 Å². The standard InChI is InChI=1S/C22H18F3N7O3/c23-22(24,25)15-7-6-11(20(30-15)31-16-5-2-8-34-16)13-9-17(28-10-27-13)35-14-4-1-3-12-18(14)32-19(26)21(33)29-12/h1,3-4,6-7,9-10,16H,2,5,8H2,(H2,26,32)(H,29,33)(H,30,31)/t16-/m0/s1. The molecule has 0 amide bonds. The fourth-order valence-corrected chi connectivity index (χ4v) is 3.61. The van der Waals surface area contributed by atoms with Crippen molar-refractivity contribution < 1.29 is 22.6 Å². The lowest BCUT2D eigenvalue weighted by Crippen LogP contribution is -2.20. The van der Waals surface area contributed by atoms with Crippen LogP contribution in [0.25, 0.3) is 22.3 Å². The van der Waals surface area contributed by atoms with E-state index in [4.69, 9.17) is 15.2 Å². The number of H-pyrrole nitrogens is 1. The smallest absolute Gasteiger partial charge is 0.433 e. The third-order valence-corrected chi connectivity index (χ3v) is 5.26. The van der Waals surface area contributed by atoms with E-state index in [0.717, 1.165) is 12.5 Å². The number of nitrogens with zero attached hydrogens (tertiary/aromatic N) is 4. The number of benzene rings is 1. The van der Waals surface area contributed by atoms with E-state index in [2.05, 4.69) is 30.2 Å². The second kappa shape index (κ2) is 8.83. The molecule has 1 aliphatic rings. The van der Waals surface area contributed by atoms with Crippen LogP contribution in [-0.2, 0) is 10.9 Å². The van der Waals surface area contributed by atoms with Crippen LogP contribution < -0.4 is 21.3 Å². The zero-order valence-electron chi connectivity index (χ0n) is 18.0. The van der Waals surface area contributed by atoms with E-state index in [9.17, 15) is 18.0 Å². The number of hydrogen-bond donors (Lipinski definition) is 3. The molecule has 1 atom stereocenters. The predicted molar refractivity (Wildman–Crippen MR) is 120 cm³/mol. The molecule has 0 saturated carbocycles. The number of nitrogen functional groups attached to an aromatic ring is 1. The lowest BCUT2D eigenvalue weighted by atomic mass is 10.1. The van der Waals surface area contributed by atoms with Crippen molar-refractivity contribution in [1.82, 2.24) is 24.9 Å². The number of aromatic nitrogens is 5. The van der Waals surface area contributed by atoms with Gasteiger partial charge in [0.1, 0.15) is 29.6 Å². The van der Waals surface area contributed by atoms with Gasteiger partial charge in [-0.05, 0) is 37.1 Å². The summed E-state index contributed by atoms with van der Waals surface area (Å²) in [6.45, 7) is 0.506. The Balaban J connectivity index is 1.52. The van der Waals surface area contributed by atoms with Crippen LogP contribution in [0.3, 0.4) is 0 Å². The monoisotopic (exact) mass is 485 g/mol. The maximum Gasteiger partial charge on any atom is 0.433 e. The first-order chi connectivity index (χ1) is 16.8. The average Bonchev–Trinajstić information content (AvgIpc) is 3.33. The number of nitrogens with two attached hydrogens (primary N) is 1. The van der Waals surface area contributed by atoms with Gasteiger partial charge in [0.15, 0.2) is 11.6 Å². The number of ether oxygens (including phenoxy) is 2. The molecule has 10 nitrogen and oxygen atoms in total. The van der Waals surface area contributed by atoms with Crippen LogP contribution in [0.5, 0.6) is 11.6 Å². The van der Waals surface area contributed by atoms with Crippen molar-refractivity contribution in [1.29, 1.82) is 0 Å². The largest absolute Gasteiger partial charge is 0.437 e. The Morgan fingerprint density at radius 1 is 1.17 bits per heavy atom. The normalized spacial score (nSPS) is 15.9. The summed E-state index contributed by atoms with van der Waals surface area (Å²) in [5, 5.41) is 2.93. The lowest BCUT2D eigenvalue weighted by molar-refractivity contribution is -0.141. The second-order valence-corrected chi connectivity index (χ2v) is 7.68. The average molecular weight is 485 g/mol. The fraction of sp³-hybridized carbons (Fsp3) is 0.227. The highest BCUT2D eigenvalue weighted by molar-refractivity contribution is 5.82. The third-order valence-electron chi connectivity index (χ3n) is 5.26. The van der Waals surface area contributed by atoms with Crippen LogP contribution >= 0.6 is 0 Å². The number of para-hydroxylation sites is 1. The van der Waals surface area contributed by atoms with Crippen molar-refractivity contribution in [2.45, 2.75) is 25.2 Å².